The van der Waals surface area contributed by atoms with E-state index in [1.165, 1.54) is 4.90 Å². The van der Waals surface area contributed by atoms with Crippen LogP contribution in [0.25, 0.3) is 0 Å². The number of urea groups is 1. The Labute approximate surface area is 62.4 Å². The van der Waals surface area contributed by atoms with Gasteiger partial charge in [-0.25, -0.2) is 0 Å². The zero-order valence-corrected chi connectivity index (χ0v) is 6.92. The fraction of sp³-hybridized carbons (Fsp3) is 0.857. The van der Waals surface area contributed by atoms with E-state index in [1.807, 2.05) is 0 Å². The zero-order valence-electron chi connectivity index (χ0n) is 6.92. The van der Waals surface area contributed by atoms with E-state index in [0.29, 0.717) is 6.54 Å². The van der Waals surface area contributed by atoms with Gasteiger partial charge in [0, 0.05) is 6.54 Å². The topological polar surface area (TPSA) is 37.1 Å². The highest BCUT2D eigenvalue weighted by Crippen LogP contribution is 1.84. The number of hydrogen-bond acceptors (Lipinski definition) is 1. The van der Waals surface area contributed by atoms with Gasteiger partial charge in [0.25, 0.3) is 0 Å². The van der Waals surface area contributed by atoms with E-state index in [1.54, 1.807) is 14.1 Å². The van der Waals surface area contributed by atoms with Crippen molar-refractivity contribution >= 4 is 6.03 Å². The summed E-state index contributed by atoms with van der Waals surface area (Å²) in [6.45, 7) is 2.74. The maximum atomic E-state index is 10.8. The summed E-state index contributed by atoms with van der Waals surface area (Å²) in [7, 11) is 3.41. The molecule has 2 radical (unpaired) electrons. The molecule has 2 amide bonds. The minimum Gasteiger partial charge on any atom is -0.199 e. The average molecular weight is 143 g/mol. The Hall–Kier alpha value is -0.570. The lowest BCUT2D eigenvalue weighted by Gasteiger charge is -1.96. The predicted octanol–water partition coefficient (Wildman–Crippen LogP) is 0.911. The third-order valence-corrected chi connectivity index (χ3v) is 1.14. The highest BCUT2D eigenvalue weighted by Gasteiger charge is 2.14. The molecule has 0 heterocycles. The second-order valence-electron chi connectivity index (χ2n) is 2.41. The van der Waals surface area contributed by atoms with Gasteiger partial charge >= 0.3 is 6.03 Å². The Morgan fingerprint density at radius 3 is 2.50 bits per heavy atom. The molecule has 0 rings (SSSR count). The van der Waals surface area contributed by atoms with Crippen molar-refractivity contribution in [2.24, 2.45) is 0 Å². The number of carbonyl (C=O) groups is 1. The molecule has 0 fully saturated rings. The fourth-order valence-electron chi connectivity index (χ4n) is 0.474. The summed E-state index contributed by atoms with van der Waals surface area (Å²) >= 11 is 0. The zero-order chi connectivity index (χ0) is 7.98. The summed E-state index contributed by atoms with van der Waals surface area (Å²) < 4.78 is 0. The molecule has 0 spiro atoms. The summed E-state index contributed by atoms with van der Waals surface area (Å²) in [5, 5.41) is 3.80. The van der Waals surface area contributed by atoms with Gasteiger partial charge in [0.1, 0.15) is 14.1 Å². The van der Waals surface area contributed by atoms with Crippen molar-refractivity contribution in [3.8, 4) is 0 Å². The number of unbranched alkanes of at least 4 members (excludes halogenated alkanes) is 1. The van der Waals surface area contributed by atoms with Crippen LogP contribution in [0.4, 0.5) is 4.79 Å². The van der Waals surface area contributed by atoms with E-state index in [4.69, 9.17) is 0 Å². The van der Waals surface area contributed by atoms with E-state index >= 15 is 0 Å². The van der Waals surface area contributed by atoms with Crippen LogP contribution < -0.4 is 10.2 Å². The number of amides is 2. The number of rotatable bonds is 3. The lowest BCUT2D eigenvalue weighted by Crippen LogP contribution is -2.34. The molecule has 0 aromatic rings. The van der Waals surface area contributed by atoms with Crippen molar-refractivity contribution < 1.29 is 4.79 Å². The van der Waals surface area contributed by atoms with Gasteiger partial charge in [-0.1, -0.05) is 18.2 Å². The maximum absolute atomic E-state index is 10.8. The molecular weight excluding hydrogens is 128 g/mol. The van der Waals surface area contributed by atoms with Crippen molar-refractivity contribution in [2.75, 3.05) is 20.6 Å². The van der Waals surface area contributed by atoms with Crippen molar-refractivity contribution in [1.29, 1.82) is 0 Å². The molecule has 0 atom stereocenters. The van der Waals surface area contributed by atoms with E-state index in [0.717, 1.165) is 12.8 Å². The number of nitrogens with zero attached hydrogens (tertiary/aromatic N) is 2. The first kappa shape index (κ1) is 9.43. The SMILES string of the molecule is CCCC[N]C(=O)[N+](C)C. The molecule has 58 valence electrons. The Bertz CT molecular complexity index is 102. The normalized spacial score (nSPS) is 10.0. The van der Waals surface area contributed by atoms with Crippen LogP contribution in [-0.2, 0) is 0 Å². The second kappa shape index (κ2) is 5.23. The molecule has 0 saturated heterocycles. The third kappa shape index (κ3) is 4.32. The van der Waals surface area contributed by atoms with Crippen LogP contribution in [-0.4, -0.2) is 26.7 Å². The van der Waals surface area contributed by atoms with Gasteiger partial charge in [-0.15, -0.1) is 0 Å². The van der Waals surface area contributed by atoms with Gasteiger partial charge in [0.15, 0.2) is 0 Å². The monoisotopic (exact) mass is 143 g/mol. The van der Waals surface area contributed by atoms with Crippen LogP contribution in [0.15, 0.2) is 0 Å². The minimum atomic E-state index is -0.131. The molecule has 0 aliphatic heterocycles. The summed E-state index contributed by atoms with van der Waals surface area (Å²) in [6, 6.07) is -0.131. The van der Waals surface area contributed by atoms with Crippen LogP contribution >= 0.6 is 0 Å². The summed E-state index contributed by atoms with van der Waals surface area (Å²) in [5.41, 5.74) is 0. The summed E-state index contributed by atoms with van der Waals surface area (Å²) in [4.78, 5) is 12.3. The first-order valence-electron chi connectivity index (χ1n) is 3.57. The third-order valence-electron chi connectivity index (χ3n) is 1.14. The summed E-state index contributed by atoms with van der Waals surface area (Å²) in [6.07, 6.45) is 2.09. The molecule has 3 heteroatoms. The molecule has 0 aliphatic rings. The Balaban J connectivity index is 3.22. The van der Waals surface area contributed by atoms with E-state index in [-0.39, 0.29) is 6.03 Å². The molecule has 3 nitrogen and oxygen atoms in total. The van der Waals surface area contributed by atoms with E-state index in [2.05, 4.69) is 12.2 Å². The van der Waals surface area contributed by atoms with Crippen molar-refractivity contribution in [2.45, 2.75) is 19.8 Å². The van der Waals surface area contributed by atoms with Gasteiger partial charge in [0.2, 0.25) is 0 Å². The van der Waals surface area contributed by atoms with Crippen molar-refractivity contribution in [3.63, 3.8) is 0 Å². The van der Waals surface area contributed by atoms with E-state index in [9.17, 15) is 4.79 Å². The quantitative estimate of drug-likeness (QED) is 0.427. The molecule has 0 aliphatic carbocycles. The molecule has 10 heavy (non-hydrogen) atoms. The van der Waals surface area contributed by atoms with Crippen molar-refractivity contribution in [1.82, 2.24) is 10.2 Å². The Kier molecular flexibility index (Phi) is 4.94. The lowest BCUT2D eigenvalue weighted by molar-refractivity contribution is 0.231. The molecule has 0 N–H and O–H groups in total. The Morgan fingerprint density at radius 1 is 1.50 bits per heavy atom. The molecule has 0 aromatic heterocycles. The number of hydrogen-bond donors (Lipinski definition) is 0. The van der Waals surface area contributed by atoms with Crippen LogP contribution in [0.5, 0.6) is 0 Å². The molecule has 0 unspecified atom stereocenters. The Morgan fingerprint density at radius 2 is 2.10 bits per heavy atom. The molecule has 0 saturated carbocycles. The molecular formula is C7H15N2O+. The summed E-state index contributed by atoms with van der Waals surface area (Å²) in [5.74, 6) is 0. The molecule has 0 aromatic carbocycles. The fourth-order valence-corrected chi connectivity index (χ4v) is 0.474. The highest BCUT2D eigenvalue weighted by atomic mass is 16.2. The van der Waals surface area contributed by atoms with Gasteiger partial charge < -0.3 is 0 Å². The second-order valence-corrected chi connectivity index (χ2v) is 2.41. The van der Waals surface area contributed by atoms with E-state index < -0.39 is 0 Å². The standard InChI is InChI=1S/C7H15N2O/c1-4-5-6-8-7(10)9(2)3/h4-6H2,1-3H3/q+1. The van der Waals surface area contributed by atoms with Gasteiger partial charge in [-0.3, -0.25) is 0 Å². The van der Waals surface area contributed by atoms with Crippen LogP contribution in [0, 0.1) is 0 Å². The van der Waals surface area contributed by atoms with Gasteiger partial charge in [-0.2, -0.15) is 10.1 Å². The first-order valence-corrected chi connectivity index (χ1v) is 3.57. The maximum Gasteiger partial charge on any atom is 0.485 e. The van der Waals surface area contributed by atoms with Crippen LogP contribution in [0.2, 0.25) is 0 Å². The average Bonchev–Trinajstić information content (AvgIpc) is 1.88. The lowest BCUT2D eigenvalue weighted by atomic mass is 10.3. The van der Waals surface area contributed by atoms with Crippen LogP contribution in [0.3, 0.4) is 0 Å². The van der Waals surface area contributed by atoms with Gasteiger partial charge in [-0.05, 0) is 6.42 Å². The highest BCUT2D eigenvalue weighted by molar-refractivity contribution is 5.75. The first-order chi connectivity index (χ1) is 4.68. The molecule has 0 bridgehead atoms. The van der Waals surface area contributed by atoms with Crippen LogP contribution in [0.1, 0.15) is 19.8 Å². The predicted molar refractivity (Wildman–Crippen MR) is 41.3 cm³/mol. The largest absolute Gasteiger partial charge is 0.485 e. The minimum absolute atomic E-state index is 0.131. The van der Waals surface area contributed by atoms with Gasteiger partial charge in [0.05, 0.1) is 0 Å². The number of carbonyl (C=O) groups excluding carboxylic acids is 1. The van der Waals surface area contributed by atoms with Crippen molar-refractivity contribution in [3.05, 3.63) is 0 Å². The smallest absolute Gasteiger partial charge is 0.199 e.